The van der Waals surface area contributed by atoms with Crippen molar-refractivity contribution >= 4 is 0 Å². The third kappa shape index (κ3) is 4.16. The summed E-state index contributed by atoms with van der Waals surface area (Å²) in [4.78, 5) is 0. The number of piperidine rings is 1. The zero-order chi connectivity index (χ0) is 18.9. The summed E-state index contributed by atoms with van der Waals surface area (Å²) in [5.74, 6) is 1.58. The summed E-state index contributed by atoms with van der Waals surface area (Å²) in [6.07, 6.45) is -0.778. The molecule has 144 valence electrons. The van der Waals surface area contributed by atoms with Gasteiger partial charge in [0.15, 0.2) is 11.5 Å². The van der Waals surface area contributed by atoms with Crippen LogP contribution < -0.4 is 19.5 Å². The maximum atomic E-state index is 13.2. The highest BCUT2D eigenvalue weighted by atomic mass is 19.1. The van der Waals surface area contributed by atoms with E-state index in [1.807, 2.05) is 12.1 Å². The maximum Gasteiger partial charge on any atom is 0.505 e. The molecule has 0 unspecified atom stereocenters. The number of hydrogen-bond donors (Lipinski definition) is 3. The second-order valence-electron chi connectivity index (χ2n) is 6.91. The van der Waals surface area contributed by atoms with Crippen molar-refractivity contribution in [2.75, 3.05) is 19.7 Å². The van der Waals surface area contributed by atoms with E-state index in [-0.39, 0.29) is 17.3 Å². The van der Waals surface area contributed by atoms with Gasteiger partial charge >= 0.3 is 6.16 Å². The minimum absolute atomic E-state index is 0.217. The Bertz CT molecular complexity index is 795. The zero-order valence-corrected chi connectivity index (χ0v) is 14.7. The molecule has 1 saturated heterocycles. The van der Waals surface area contributed by atoms with Gasteiger partial charge in [0.2, 0.25) is 0 Å². The van der Waals surface area contributed by atoms with Crippen LogP contribution in [0, 0.1) is 11.7 Å². The van der Waals surface area contributed by atoms with Crippen molar-refractivity contribution in [1.29, 1.82) is 0 Å². The summed E-state index contributed by atoms with van der Waals surface area (Å²) in [5, 5.41) is 22.1. The first kappa shape index (κ1) is 18.0. The summed E-state index contributed by atoms with van der Waals surface area (Å²) >= 11 is 0. The molecule has 0 radical (unpaired) electrons. The standard InChI is InChI=1S/C20H22FNO5/c21-15-3-1-13(2-4-15)17-7-9-22-12-14(17)8-10-25-16-5-6-18-19(11-16)27-20(23,24)26-18/h1-6,11,14,17,22-24H,7-10,12H2/t14-,17+/m1/s1. The van der Waals surface area contributed by atoms with Crippen LogP contribution in [0.5, 0.6) is 17.2 Å². The van der Waals surface area contributed by atoms with Crippen molar-refractivity contribution in [2.24, 2.45) is 5.92 Å². The van der Waals surface area contributed by atoms with Gasteiger partial charge in [0.1, 0.15) is 11.6 Å². The van der Waals surface area contributed by atoms with E-state index in [4.69, 9.17) is 14.2 Å². The fourth-order valence-corrected chi connectivity index (χ4v) is 3.75. The number of fused-ring (bicyclic) bond motifs is 1. The number of rotatable bonds is 5. The van der Waals surface area contributed by atoms with Crippen molar-refractivity contribution < 1.29 is 28.8 Å². The Hall–Kier alpha value is -2.35. The fraction of sp³-hybridized carbons (Fsp3) is 0.400. The molecule has 4 rings (SSSR count). The van der Waals surface area contributed by atoms with Crippen LogP contribution in [0.2, 0.25) is 0 Å². The lowest BCUT2D eigenvalue weighted by Crippen LogP contribution is -2.37. The van der Waals surface area contributed by atoms with E-state index in [9.17, 15) is 14.6 Å². The first-order valence-electron chi connectivity index (χ1n) is 9.06. The molecule has 0 aromatic heterocycles. The van der Waals surface area contributed by atoms with Crippen molar-refractivity contribution in [3.63, 3.8) is 0 Å². The van der Waals surface area contributed by atoms with Crippen LogP contribution in [-0.4, -0.2) is 36.1 Å². The van der Waals surface area contributed by atoms with Crippen LogP contribution in [0.25, 0.3) is 0 Å². The quantitative estimate of drug-likeness (QED) is 0.697. The predicted octanol–water partition coefficient (Wildman–Crippen LogP) is 2.35. The van der Waals surface area contributed by atoms with E-state index in [0.29, 0.717) is 24.2 Å². The normalized spacial score (nSPS) is 23.2. The van der Waals surface area contributed by atoms with E-state index in [1.54, 1.807) is 18.2 Å². The van der Waals surface area contributed by atoms with Crippen molar-refractivity contribution in [3.05, 3.63) is 53.8 Å². The molecular weight excluding hydrogens is 353 g/mol. The molecule has 2 heterocycles. The van der Waals surface area contributed by atoms with Gasteiger partial charge in [0.25, 0.3) is 0 Å². The number of aliphatic hydroxyl groups is 2. The molecule has 2 aromatic rings. The van der Waals surface area contributed by atoms with Gasteiger partial charge in [-0.3, -0.25) is 10.2 Å². The van der Waals surface area contributed by atoms with Gasteiger partial charge in [0, 0.05) is 6.07 Å². The second kappa shape index (κ2) is 7.34. The topological polar surface area (TPSA) is 80.2 Å². The molecule has 2 atom stereocenters. The third-order valence-electron chi connectivity index (χ3n) is 5.06. The number of ether oxygens (including phenoxy) is 3. The van der Waals surface area contributed by atoms with Gasteiger partial charge in [-0.15, -0.1) is 0 Å². The fourth-order valence-electron chi connectivity index (χ4n) is 3.75. The van der Waals surface area contributed by atoms with Gasteiger partial charge in [-0.2, -0.15) is 0 Å². The van der Waals surface area contributed by atoms with Gasteiger partial charge in [0.05, 0.1) is 6.61 Å². The molecule has 0 bridgehead atoms. The van der Waals surface area contributed by atoms with Crippen LogP contribution >= 0.6 is 0 Å². The molecule has 3 N–H and O–H groups in total. The molecule has 6 nitrogen and oxygen atoms in total. The molecule has 0 saturated carbocycles. The number of nitrogens with one attached hydrogen (secondary N) is 1. The lowest BCUT2D eigenvalue weighted by molar-refractivity contribution is -0.385. The smallest absolute Gasteiger partial charge is 0.493 e. The Kier molecular flexibility index (Phi) is 4.90. The van der Waals surface area contributed by atoms with Gasteiger partial charge in [-0.25, -0.2) is 4.39 Å². The molecule has 27 heavy (non-hydrogen) atoms. The highest BCUT2D eigenvalue weighted by Crippen LogP contribution is 2.40. The first-order chi connectivity index (χ1) is 13.0. The van der Waals surface area contributed by atoms with Crippen LogP contribution in [0.3, 0.4) is 0 Å². The van der Waals surface area contributed by atoms with Crippen LogP contribution in [0.1, 0.15) is 24.3 Å². The van der Waals surface area contributed by atoms with Crippen LogP contribution in [0.15, 0.2) is 42.5 Å². The average molecular weight is 375 g/mol. The van der Waals surface area contributed by atoms with Gasteiger partial charge in [-0.05, 0) is 67.6 Å². The highest BCUT2D eigenvalue weighted by Gasteiger charge is 2.38. The Balaban J connectivity index is 1.36. The summed E-state index contributed by atoms with van der Waals surface area (Å²) in [6.45, 7) is 2.35. The first-order valence-corrected chi connectivity index (χ1v) is 9.06. The second-order valence-corrected chi connectivity index (χ2v) is 6.91. The molecule has 2 aromatic carbocycles. The number of benzene rings is 2. The van der Waals surface area contributed by atoms with E-state index in [1.165, 1.54) is 12.1 Å². The van der Waals surface area contributed by atoms with E-state index < -0.39 is 6.16 Å². The van der Waals surface area contributed by atoms with Crippen molar-refractivity contribution in [1.82, 2.24) is 5.32 Å². The van der Waals surface area contributed by atoms with E-state index in [0.717, 1.165) is 31.5 Å². The lowest BCUT2D eigenvalue weighted by atomic mass is 9.79. The summed E-state index contributed by atoms with van der Waals surface area (Å²) in [5.41, 5.74) is 1.16. The average Bonchev–Trinajstić information content (AvgIpc) is 2.96. The van der Waals surface area contributed by atoms with Crippen LogP contribution in [0.4, 0.5) is 4.39 Å². The number of hydrogen-bond acceptors (Lipinski definition) is 6. The molecule has 1 fully saturated rings. The van der Waals surface area contributed by atoms with Crippen molar-refractivity contribution in [3.8, 4) is 17.2 Å². The largest absolute Gasteiger partial charge is 0.505 e. The molecule has 2 aliphatic heterocycles. The minimum atomic E-state index is -2.63. The molecule has 0 aliphatic carbocycles. The van der Waals surface area contributed by atoms with Crippen LogP contribution in [-0.2, 0) is 0 Å². The molecular formula is C20H22FNO5. The highest BCUT2D eigenvalue weighted by molar-refractivity contribution is 5.47. The number of halogens is 1. The Morgan fingerprint density at radius 2 is 1.89 bits per heavy atom. The van der Waals surface area contributed by atoms with Gasteiger partial charge < -0.3 is 19.5 Å². The predicted molar refractivity (Wildman–Crippen MR) is 95.1 cm³/mol. The molecule has 7 heteroatoms. The maximum absolute atomic E-state index is 13.2. The lowest BCUT2D eigenvalue weighted by Gasteiger charge is -2.32. The third-order valence-corrected chi connectivity index (χ3v) is 5.06. The molecule has 2 aliphatic rings. The molecule has 0 amide bonds. The monoisotopic (exact) mass is 375 g/mol. The van der Waals surface area contributed by atoms with E-state index >= 15 is 0 Å². The van der Waals surface area contributed by atoms with Gasteiger partial charge in [-0.1, -0.05) is 12.1 Å². The Morgan fingerprint density at radius 1 is 1.11 bits per heavy atom. The summed E-state index contributed by atoms with van der Waals surface area (Å²) in [6, 6.07) is 11.6. The SMILES string of the molecule is OC1(O)Oc2ccc(OCC[C@@H]3CNCC[C@H]3c3ccc(F)cc3)cc2O1. The summed E-state index contributed by atoms with van der Waals surface area (Å²) in [7, 11) is 0. The Labute approximate surface area is 156 Å². The van der Waals surface area contributed by atoms with Crippen molar-refractivity contribution in [2.45, 2.75) is 24.9 Å². The Morgan fingerprint density at radius 3 is 2.70 bits per heavy atom. The molecule has 0 spiro atoms. The summed E-state index contributed by atoms with van der Waals surface area (Å²) < 4.78 is 28.7. The minimum Gasteiger partial charge on any atom is -0.493 e. The zero-order valence-electron chi connectivity index (χ0n) is 14.7. The van der Waals surface area contributed by atoms with E-state index in [2.05, 4.69) is 5.32 Å².